The fourth-order valence-electron chi connectivity index (χ4n) is 3.43. The lowest BCUT2D eigenvalue weighted by molar-refractivity contribution is -0.117. The van der Waals surface area contributed by atoms with E-state index in [1.54, 1.807) is 30.1 Å². The van der Waals surface area contributed by atoms with Gasteiger partial charge in [0.25, 0.3) is 0 Å². The highest BCUT2D eigenvalue weighted by Crippen LogP contribution is 2.32. The lowest BCUT2D eigenvalue weighted by atomic mass is 10.1. The quantitative estimate of drug-likeness (QED) is 0.477. The zero-order valence-corrected chi connectivity index (χ0v) is 17.2. The van der Waals surface area contributed by atoms with Gasteiger partial charge in [-0.3, -0.25) is 9.59 Å². The molecule has 6 nitrogen and oxygen atoms in total. The van der Waals surface area contributed by atoms with Gasteiger partial charge >= 0.3 is 5.97 Å². The second-order valence-electron chi connectivity index (χ2n) is 7.03. The first kappa shape index (κ1) is 19.1. The van der Waals surface area contributed by atoms with Crippen molar-refractivity contribution in [3.05, 3.63) is 69.9 Å². The van der Waals surface area contributed by atoms with E-state index in [2.05, 4.69) is 0 Å². The van der Waals surface area contributed by atoms with Gasteiger partial charge in [0.15, 0.2) is 12.4 Å². The van der Waals surface area contributed by atoms with Crippen LogP contribution in [0, 0.1) is 13.8 Å². The number of ketones is 1. The Morgan fingerprint density at radius 1 is 1.17 bits per heavy atom. The number of hydrogen-bond donors (Lipinski definition) is 0. The van der Waals surface area contributed by atoms with Crippen LogP contribution in [0.2, 0.25) is 0 Å². The molecular formula is C22H20N2O4S. The number of hydrogen-bond acceptors (Lipinski definition) is 5. The first-order valence-electron chi connectivity index (χ1n) is 9.20. The molecule has 148 valence electrons. The van der Waals surface area contributed by atoms with Crippen LogP contribution in [0.3, 0.4) is 0 Å². The van der Waals surface area contributed by atoms with E-state index in [0.29, 0.717) is 11.1 Å². The summed E-state index contributed by atoms with van der Waals surface area (Å²) in [5.74, 6) is -0.813. The molecule has 0 bridgehead atoms. The molecule has 4 rings (SSSR count). The van der Waals surface area contributed by atoms with Crippen molar-refractivity contribution in [2.24, 2.45) is 0 Å². The predicted octanol–water partition coefficient (Wildman–Crippen LogP) is 3.71. The summed E-state index contributed by atoms with van der Waals surface area (Å²) in [6.45, 7) is 3.49. The Hall–Kier alpha value is -3.19. The monoisotopic (exact) mass is 408 g/mol. The van der Waals surface area contributed by atoms with Gasteiger partial charge in [-0.25, -0.2) is 4.79 Å². The second kappa shape index (κ2) is 7.33. The van der Waals surface area contributed by atoms with Crippen molar-refractivity contribution in [3.63, 3.8) is 0 Å². The molecule has 0 N–H and O–H groups in total. The topological polar surface area (TPSA) is 68.6 Å². The van der Waals surface area contributed by atoms with Crippen LogP contribution in [-0.2, 0) is 16.0 Å². The Labute approximate surface area is 172 Å². The first-order valence-corrected chi connectivity index (χ1v) is 10.0. The van der Waals surface area contributed by atoms with Gasteiger partial charge in [0.05, 0.1) is 12.0 Å². The minimum Gasteiger partial charge on any atom is -0.454 e. The van der Waals surface area contributed by atoms with Gasteiger partial charge in [-0.15, -0.1) is 11.3 Å². The number of benzene rings is 1. The summed E-state index contributed by atoms with van der Waals surface area (Å²) in [5.41, 5.74) is 3.40. The van der Waals surface area contributed by atoms with Crippen molar-refractivity contribution in [2.75, 3.05) is 18.6 Å². The zero-order valence-electron chi connectivity index (χ0n) is 16.4. The molecule has 0 saturated heterocycles. The zero-order chi connectivity index (χ0) is 20.7. The van der Waals surface area contributed by atoms with E-state index in [1.165, 1.54) is 11.3 Å². The van der Waals surface area contributed by atoms with E-state index in [4.69, 9.17) is 4.74 Å². The Morgan fingerprint density at radius 3 is 2.62 bits per heavy atom. The Morgan fingerprint density at radius 2 is 1.90 bits per heavy atom. The second-order valence-corrected chi connectivity index (χ2v) is 8.23. The molecule has 0 fully saturated rings. The summed E-state index contributed by atoms with van der Waals surface area (Å²) in [5, 5.41) is 0.779. The number of rotatable bonds is 5. The standard InChI is InChI=1S/C22H20N2O4S/c1-13-14(2)29-21(24-8-4-5-9-24)20(13)22(27)28-12-18(25)15-6-7-17-16(10-15)11-19(26)23(17)3/h4-10H,11-12H2,1-3H3. The molecule has 0 unspecified atom stereocenters. The third kappa shape index (κ3) is 3.38. The highest BCUT2D eigenvalue weighted by Gasteiger charge is 2.26. The molecule has 0 aliphatic carbocycles. The van der Waals surface area contributed by atoms with Crippen LogP contribution in [0.1, 0.15) is 36.7 Å². The van der Waals surface area contributed by atoms with Crippen LogP contribution in [-0.4, -0.2) is 35.9 Å². The van der Waals surface area contributed by atoms with Crippen molar-refractivity contribution >= 4 is 34.7 Å². The van der Waals surface area contributed by atoms with Gasteiger partial charge in [0.2, 0.25) is 5.91 Å². The van der Waals surface area contributed by atoms with Crippen LogP contribution in [0.4, 0.5) is 5.69 Å². The molecule has 7 heteroatoms. The lowest BCUT2D eigenvalue weighted by Crippen LogP contribution is -2.20. The number of thiophene rings is 1. The molecule has 29 heavy (non-hydrogen) atoms. The fraction of sp³-hybridized carbons (Fsp3) is 0.227. The van der Waals surface area contributed by atoms with E-state index < -0.39 is 5.97 Å². The Bertz CT molecular complexity index is 1130. The molecule has 0 saturated carbocycles. The highest BCUT2D eigenvalue weighted by molar-refractivity contribution is 7.15. The number of aromatic nitrogens is 1. The van der Waals surface area contributed by atoms with Gasteiger partial charge in [-0.05, 0) is 55.3 Å². The highest BCUT2D eigenvalue weighted by atomic mass is 32.1. The van der Waals surface area contributed by atoms with Crippen molar-refractivity contribution in [1.29, 1.82) is 0 Å². The maximum Gasteiger partial charge on any atom is 0.341 e. The average Bonchev–Trinajstić information content (AvgIpc) is 3.40. The largest absolute Gasteiger partial charge is 0.454 e. The number of ether oxygens (including phenoxy) is 1. The lowest BCUT2D eigenvalue weighted by Gasteiger charge is -2.11. The Balaban J connectivity index is 1.51. The number of carbonyl (C=O) groups is 3. The molecule has 1 aromatic carbocycles. The molecule has 1 aliphatic rings. The molecule has 0 radical (unpaired) electrons. The third-order valence-corrected chi connectivity index (χ3v) is 6.44. The summed E-state index contributed by atoms with van der Waals surface area (Å²) < 4.78 is 7.24. The third-order valence-electron chi connectivity index (χ3n) is 5.22. The van der Waals surface area contributed by atoms with Gasteiger partial charge in [-0.2, -0.15) is 0 Å². The van der Waals surface area contributed by atoms with Gasteiger partial charge < -0.3 is 14.2 Å². The maximum atomic E-state index is 12.8. The molecule has 0 atom stereocenters. The summed E-state index contributed by atoms with van der Waals surface area (Å²) in [6, 6.07) is 8.90. The molecule has 1 amide bonds. The first-order chi connectivity index (χ1) is 13.9. The minimum absolute atomic E-state index is 0.00290. The van der Waals surface area contributed by atoms with E-state index in [1.807, 2.05) is 42.9 Å². The van der Waals surface area contributed by atoms with Crippen molar-refractivity contribution in [2.45, 2.75) is 20.3 Å². The number of carbonyl (C=O) groups excluding carboxylic acids is 3. The number of aryl methyl sites for hydroxylation is 1. The van der Waals surface area contributed by atoms with E-state index in [-0.39, 0.29) is 24.7 Å². The fourth-order valence-corrected chi connectivity index (χ4v) is 4.54. The normalized spacial score (nSPS) is 12.9. The number of nitrogens with zero attached hydrogens (tertiary/aromatic N) is 2. The number of anilines is 1. The molecule has 3 heterocycles. The van der Waals surface area contributed by atoms with Crippen molar-refractivity contribution < 1.29 is 19.1 Å². The number of likely N-dealkylation sites (N-methyl/N-ethyl adjacent to an activating group) is 1. The van der Waals surface area contributed by atoms with E-state index in [0.717, 1.165) is 26.7 Å². The smallest absolute Gasteiger partial charge is 0.341 e. The molecule has 1 aliphatic heterocycles. The van der Waals surface area contributed by atoms with Crippen LogP contribution < -0.4 is 4.90 Å². The summed E-state index contributed by atoms with van der Waals surface area (Å²) in [4.78, 5) is 39.8. The van der Waals surface area contributed by atoms with Gasteiger partial charge in [0, 0.05) is 35.6 Å². The molecule has 2 aromatic heterocycles. The summed E-state index contributed by atoms with van der Waals surface area (Å²) >= 11 is 1.51. The van der Waals surface area contributed by atoms with Gasteiger partial charge in [0.1, 0.15) is 5.00 Å². The van der Waals surface area contributed by atoms with Crippen molar-refractivity contribution in [3.8, 4) is 5.00 Å². The van der Waals surface area contributed by atoms with Crippen molar-refractivity contribution in [1.82, 2.24) is 4.57 Å². The van der Waals surface area contributed by atoms with Gasteiger partial charge in [-0.1, -0.05) is 0 Å². The number of Topliss-reactive ketones (excluding diaryl/α,β-unsaturated/α-hetero) is 1. The minimum atomic E-state index is -0.514. The van der Waals surface area contributed by atoms with Crippen LogP contribution in [0.25, 0.3) is 5.00 Å². The maximum absolute atomic E-state index is 12.8. The Kier molecular flexibility index (Phi) is 4.84. The summed E-state index contributed by atoms with van der Waals surface area (Å²) in [6.07, 6.45) is 4.02. The number of amides is 1. The van der Waals surface area contributed by atoms with E-state index >= 15 is 0 Å². The summed E-state index contributed by atoms with van der Waals surface area (Å²) in [7, 11) is 1.71. The van der Waals surface area contributed by atoms with Crippen LogP contribution in [0.5, 0.6) is 0 Å². The van der Waals surface area contributed by atoms with Crippen LogP contribution >= 0.6 is 11.3 Å². The number of esters is 1. The average molecular weight is 408 g/mol. The predicted molar refractivity (Wildman–Crippen MR) is 111 cm³/mol. The molecule has 0 spiro atoms. The molecule has 3 aromatic rings. The van der Waals surface area contributed by atoms with Crippen LogP contribution in [0.15, 0.2) is 42.7 Å². The number of fused-ring (bicyclic) bond motifs is 1. The molecular weight excluding hydrogens is 388 g/mol. The van der Waals surface area contributed by atoms with E-state index in [9.17, 15) is 14.4 Å². The SMILES string of the molecule is Cc1sc(-n2cccc2)c(C(=O)OCC(=O)c2ccc3c(c2)CC(=O)N3C)c1C.